The van der Waals surface area contributed by atoms with E-state index < -0.39 is 0 Å². The maximum absolute atomic E-state index is 12.3. The van der Waals surface area contributed by atoms with Gasteiger partial charge in [-0.3, -0.25) is 4.79 Å². The highest BCUT2D eigenvalue weighted by molar-refractivity contribution is 5.91. The average molecular weight is 278 g/mol. The van der Waals surface area contributed by atoms with Crippen molar-refractivity contribution in [3.63, 3.8) is 0 Å². The Morgan fingerprint density at radius 3 is 3.00 bits per heavy atom. The fourth-order valence-corrected chi connectivity index (χ4v) is 3.01. The highest BCUT2D eigenvalue weighted by Gasteiger charge is 2.24. The minimum Gasteiger partial charge on any atom is -0.459 e. The largest absolute Gasteiger partial charge is 0.459 e. The summed E-state index contributed by atoms with van der Waals surface area (Å²) in [5.41, 5.74) is 0. The number of carbonyl (C=O) groups is 1. The van der Waals surface area contributed by atoms with E-state index in [4.69, 9.17) is 9.15 Å². The van der Waals surface area contributed by atoms with E-state index in [0.29, 0.717) is 11.7 Å². The molecule has 3 heterocycles. The summed E-state index contributed by atoms with van der Waals surface area (Å²) in [5.74, 6) is 1.13. The van der Waals surface area contributed by atoms with Gasteiger partial charge in [-0.1, -0.05) is 0 Å². The highest BCUT2D eigenvalue weighted by Crippen LogP contribution is 2.16. The molecule has 20 heavy (non-hydrogen) atoms. The lowest BCUT2D eigenvalue weighted by molar-refractivity contribution is 0.0728. The summed E-state index contributed by atoms with van der Waals surface area (Å²) >= 11 is 0. The molecule has 0 aliphatic carbocycles. The molecule has 2 fully saturated rings. The van der Waals surface area contributed by atoms with Crippen LogP contribution in [0.5, 0.6) is 0 Å². The monoisotopic (exact) mass is 278 g/mol. The number of furan rings is 1. The number of rotatable bonds is 3. The van der Waals surface area contributed by atoms with Crippen molar-refractivity contribution in [2.24, 2.45) is 5.92 Å². The van der Waals surface area contributed by atoms with Gasteiger partial charge in [0.2, 0.25) is 0 Å². The van der Waals surface area contributed by atoms with Crippen LogP contribution in [0.15, 0.2) is 22.8 Å². The van der Waals surface area contributed by atoms with Crippen LogP contribution in [-0.2, 0) is 4.74 Å². The van der Waals surface area contributed by atoms with Crippen molar-refractivity contribution in [3.8, 4) is 0 Å². The summed E-state index contributed by atoms with van der Waals surface area (Å²) < 4.78 is 10.6. The molecular formula is C15H22N2O3. The molecule has 1 amide bonds. The summed E-state index contributed by atoms with van der Waals surface area (Å²) in [6.45, 7) is 6.52. The molecule has 0 spiro atoms. The first kappa shape index (κ1) is 13.6. The van der Waals surface area contributed by atoms with Crippen molar-refractivity contribution in [2.75, 3.05) is 45.9 Å². The zero-order valence-corrected chi connectivity index (χ0v) is 11.8. The minimum absolute atomic E-state index is 0.0149. The van der Waals surface area contributed by atoms with Crippen LogP contribution in [0.3, 0.4) is 0 Å². The van der Waals surface area contributed by atoms with Crippen molar-refractivity contribution < 1.29 is 13.9 Å². The molecule has 0 bridgehead atoms. The second-order valence-electron chi connectivity index (χ2n) is 5.65. The van der Waals surface area contributed by atoms with E-state index in [9.17, 15) is 4.79 Å². The standard InChI is InChI=1S/C15H22N2O3/c18-15(14-3-1-9-20-14)17-6-2-5-16(7-8-17)11-13-4-10-19-12-13/h1,3,9,13H,2,4-8,10-12H2/t13-/m0/s1. The Morgan fingerprint density at radius 2 is 2.25 bits per heavy atom. The molecule has 5 nitrogen and oxygen atoms in total. The van der Waals surface area contributed by atoms with Crippen molar-refractivity contribution in [1.29, 1.82) is 0 Å². The van der Waals surface area contributed by atoms with E-state index in [1.807, 2.05) is 4.90 Å². The summed E-state index contributed by atoms with van der Waals surface area (Å²) in [7, 11) is 0. The van der Waals surface area contributed by atoms with E-state index in [1.54, 1.807) is 18.4 Å². The number of ether oxygens (including phenoxy) is 1. The van der Waals surface area contributed by atoms with Gasteiger partial charge in [0.25, 0.3) is 5.91 Å². The quantitative estimate of drug-likeness (QED) is 0.840. The molecule has 5 heteroatoms. The lowest BCUT2D eigenvalue weighted by atomic mass is 10.1. The average Bonchev–Trinajstić information content (AvgIpc) is 3.10. The normalized spacial score (nSPS) is 24.8. The fourth-order valence-electron chi connectivity index (χ4n) is 3.01. The van der Waals surface area contributed by atoms with E-state index in [1.165, 1.54) is 6.42 Å². The van der Waals surface area contributed by atoms with Gasteiger partial charge in [-0.15, -0.1) is 0 Å². The SMILES string of the molecule is O=C(c1ccco1)N1CCCN(C[C@@H]2CCOC2)CC1. The van der Waals surface area contributed by atoms with Crippen molar-refractivity contribution in [3.05, 3.63) is 24.2 Å². The Labute approximate surface area is 119 Å². The van der Waals surface area contributed by atoms with Gasteiger partial charge in [0.05, 0.1) is 12.9 Å². The maximum atomic E-state index is 12.3. The van der Waals surface area contributed by atoms with Crippen molar-refractivity contribution in [2.45, 2.75) is 12.8 Å². The van der Waals surface area contributed by atoms with Crippen LogP contribution in [0, 0.1) is 5.92 Å². The number of hydrogen-bond donors (Lipinski definition) is 0. The first-order valence-corrected chi connectivity index (χ1v) is 7.46. The summed E-state index contributed by atoms with van der Waals surface area (Å²) in [5, 5.41) is 0. The maximum Gasteiger partial charge on any atom is 0.289 e. The van der Waals surface area contributed by atoms with Gasteiger partial charge in [0.1, 0.15) is 0 Å². The molecule has 0 unspecified atom stereocenters. The zero-order valence-electron chi connectivity index (χ0n) is 11.8. The van der Waals surface area contributed by atoms with Crippen LogP contribution in [0.2, 0.25) is 0 Å². The van der Waals surface area contributed by atoms with Gasteiger partial charge < -0.3 is 19.0 Å². The highest BCUT2D eigenvalue weighted by atomic mass is 16.5. The first-order chi connectivity index (χ1) is 9.83. The van der Waals surface area contributed by atoms with Gasteiger partial charge in [-0.2, -0.15) is 0 Å². The molecule has 1 atom stereocenters. The van der Waals surface area contributed by atoms with Gasteiger partial charge in [0.15, 0.2) is 5.76 Å². The van der Waals surface area contributed by atoms with Crippen LogP contribution < -0.4 is 0 Å². The molecule has 0 aromatic carbocycles. The molecule has 2 aliphatic rings. The van der Waals surface area contributed by atoms with E-state index in [0.717, 1.165) is 52.4 Å². The Bertz CT molecular complexity index is 426. The van der Waals surface area contributed by atoms with Gasteiger partial charge in [0, 0.05) is 32.8 Å². The van der Waals surface area contributed by atoms with E-state index in [2.05, 4.69) is 4.90 Å². The Hall–Kier alpha value is -1.33. The zero-order chi connectivity index (χ0) is 13.8. The molecule has 2 aliphatic heterocycles. The lowest BCUT2D eigenvalue weighted by Gasteiger charge is -2.23. The van der Waals surface area contributed by atoms with Crippen LogP contribution >= 0.6 is 0 Å². The molecule has 0 radical (unpaired) electrons. The summed E-state index contributed by atoms with van der Waals surface area (Å²) in [4.78, 5) is 16.6. The molecule has 2 saturated heterocycles. The molecule has 1 aromatic rings. The van der Waals surface area contributed by atoms with E-state index >= 15 is 0 Å². The number of hydrogen-bond acceptors (Lipinski definition) is 4. The number of amides is 1. The van der Waals surface area contributed by atoms with Gasteiger partial charge >= 0.3 is 0 Å². The van der Waals surface area contributed by atoms with Gasteiger partial charge in [-0.05, 0) is 37.4 Å². The number of carbonyl (C=O) groups excluding carboxylic acids is 1. The lowest BCUT2D eigenvalue weighted by Crippen LogP contribution is -2.36. The second kappa shape index (κ2) is 6.41. The molecular weight excluding hydrogens is 256 g/mol. The molecule has 1 aromatic heterocycles. The summed E-state index contributed by atoms with van der Waals surface area (Å²) in [6.07, 6.45) is 3.75. The third-order valence-corrected chi connectivity index (χ3v) is 4.15. The molecule has 0 saturated carbocycles. The Kier molecular flexibility index (Phi) is 4.38. The van der Waals surface area contributed by atoms with Crippen LogP contribution in [0.1, 0.15) is 23.4 Å². The van der Waals surface area contributed by atoms with Crippen LogP contribution in [0.4, 0.5) is 0 Å². The predicted molar refractivity (Wildman–Crippen MR) is 74.6 cm³/mol. The van der Waals surface area contributed by atoms with Crippen LogP contribution in [-0.4, -0.2) is 61.6 Å². The molecule has 110 valence electrons. The Balaban J connectivity index is 1.52. The van der Waals surface area contributed by atoms with Crippen molar-refractivity contribution in [1.82, 2.24) is 9.80 Å². The smallest absolute Gasteiger partial charge is 0.289 e. The topological polar surface area (TPSA) is 45.9 Å². The first-order valence-electron chi connectivity index (χ1n) is 7.46. The van der Waals surface area contributed by atoms with Crippen molar-refractivity contribution >= 4 is 5.91 Å². The Morgan fingerprint density at radius 1 is 1.30 bits per heavy atom. The third kappa shape index (κ3) is 3.22. The number of nitrogens with zero attached hydrogens (tertiary/aromatic N) is 2. The second-order valence-corrected chi connectivity index (χ2v) is 5.65. The van der Waals surface area contributed by atoms with Crippen LogP contribution in [0.25, 0.3) is 0 Å². The third-order valence-electron chi connectivity index (χ3n) is 4.15. The predicted octanol–water partition coefficient (Wildman–Crippen LogP) is 1.46. The fraction of sp³-hybridized carbons (Fsp3) is 0.667. The molecule has 3 rings (SSSR count). The van der Waals surface area contributed by atoms with Gasteiger partial charge in [-0.25, -0.2) is 0 Å². The minimum atomic E-state index is 0.0149. The summed E-state index contributed by atoms with van der Waals surface area (Å²) in [6, 6.07) is 3.50. The van der Waals surface area contributed by atoms with E-state index in [-0.39, 0.29) is 5.91 Å². The molecule has 0 N–H and O–H groups in total.